The summed E-state index contributed by atoms with van der Waals surface area (Å²) in [6.45, 7) is 0.540. The zero-order valence-corrected chi connectivity index (χ0v) is 13.1. The zero-order chi connectivity index (χ0) is 15.0. The maximum absolute atomic E-state index is 13.8. The molecular formula is C14H10Cl2F2N2S. The summed E-state index contributed by atoms with van der Waals surface area (Å²) in [6.07, 6.45) is 0.699. The second kappa shape index (κ2) is 5.91. The molecule has 0 spiro atoms. The molecule has 0 aliphatic rings. The molecule has 0 unspecified atom stereocenters. The molecule has 0 amide bonds. The van der Waals surface area contributed by atoms with Gasteiger partial charge in [-0.25, -0.2) is 13.8 Å². The fraction of sp³-hybridized carbons (Fsp3) is 0.214. The predicted octanol–water partition coefficient (Wildman–Crippen LogP) is 5.01. The van der Waals surface area contributed by atoms with E-state index in [2.05, 4.69) is 4.98 Å². The summed E-state index contributed by atoms with van der Waals surface area (Å²) >= 11 is 13.2. The highest BCUT2D eigenvalue weighted by molar-refractivity contribution is 7.16. The standard InChI is InChI=1S/C14H10Cl2F2N2S/c15-7-13-19-14-10(18)5-8(17)6-11(14)20(13)4-3-9-1-2-12(16)21-9/h1-2,5-6H,3-4,7H2. The highest BCUT2D eigenvalue weighted by Gasteiger charge is 2.15. The molecule has 0 atom stereocenters. The van der Waals surface area contributed by atoms with E-state index in [0.29, 0.717) is 24.3 Å². The van der Waals surface area contributed by atoms with E-state index >= 15 is 0 Å². The van der Waals surface area contributed by atoms with Crippen molar-refractivity contribution < 1.29 is 8.78 Å². The van der Waals surface area contributed by atoms with Gasteiger partial charge in [-0.2, -0.15) is 0 Å². The SMILES string of the molecule is Fc1cc(F)c2nc(CCl)n(CCc3ccc(Cl)s3)c2c1. The smallest absolute Gasteiger partial charge is 0.153 e. The van der Waals surface area contributed by atoms with E-state index in [0.717, 1.165) is 15.3 Å². The first-order valence-electron chi connectivity index (χ1n) is 6.23. The number of hydrogen-bond acceptors (Lipinski definition) is 2. The molecule has 3 aromatic rings. The molecule has 0 saturated carbocycles. The van der Waals surface area contributed by atoms with Crippen molar-refractivity contribution in [2.75, 3.05) is 0 Å². The largest absolute Gasteiger partial charge is 0.326 e. The fourth-order valence-corrected chi connectivity index (χ4v) is 3.54. The minimum atomic E-state index is -0.672. The topological polar surface area (TPSA) is 17.8 Å². The maximum atomic E-state index is 13.8. The second-order valence-corrected chi connectivity index (χ2v) is 6.59. The Labute approximate surface area is 133 Å². The monoisotopic (exact) mass is 346 g/mol. The molecule has 0 aliphatic carbocycles. The highest BCUT2D eigenvalue weighted by Crippen LogP contribution is 2.25. The molecular weight excluding hydrogens is 337 g/mol. The van der Waals surface area contributed by atoms with Crippen LogP contribution in [0.1, 0.15) is 10.7 Å². The third-order valence-electron chi connectivity index (χ3n) is 3.18. The quantitative estimate of drug-likeness (QED) is 0.607. The Morgan fingerprint density at radius 2 is 2.05 bits per heavy atom. The predicted molar refractivity (Wildman–Crippen MR) is 82.2 cm³/mol. The molecule has 21 heavy (non-hydrogen) atoms. The second-order valence-electron chi connectivity index (χ2n) is 4.52. The molecule has 0 bridgehead atoms. The summed E-state index contributed by atoms with van der Waals surface area (Å²) in [5, 5.41) is 0. The average molecular weight is 347 g/mol. The van der Waals surface area contributed by atoms with Crippen molar-refractivity contribution in [3.63, 3.8) is 0 Å². The molecule has 2 nitrogen and oxygen atoms in total. The maximum Gasteiger partial charge on any atom is 0.153 e. The van der Waals surface area contributed by atoms with Crippen LogP contribution in [0.25, 0.3) is 11.0 Å². The molecule has 0 saturated heterocycles. The molecule has 2 aromatic heterocycles. The van der Waals surface area contributed by atoms with Crippen LogP contribution in [0.3, 0.4) is 0 Å². The van der Waals surface area contributed by atoms with Crippen LogP contribution in [0, 0.1) is 11.6 Å². The van der Waals surface area contributed by atoms with Crippen molar-refractivity contribution in [1.82, 2.24) is 9.55 Å². The van der Waals surface area contributed by atoms with E-state index in [-0.39, 0.29) is 11.4 Å². The zero-order valence-electron chi connectivity index (χ0n) is 10.7. The minimum absolute atomic E-state index is 0.140. The van der Waals surface area contributed by atoms with Crippen molar-refractivity contribution >= 4 is 45.6 Å². The minimum Gasteiger partial charge on any atom is -0.326 e. The van der Waals surface area contributed by atoms with Gasteiger partial charge < -0.3 is 4.57 Å². The normalized spacial score (nSPS) is 11.4. The number of hydrogen-bond donors (Lipinski definition) is 0. The van der Waals surface area contributed by atoms with Crippen LogP contribution in [0.15, 0.2) is 24.3 Å². The first-order valence-corrected chi connectivity index (χ1v) is 7.95. The number of thiophene rings is 1. The molecule has 3 rings (SSSR count). The van der Waals surface area contributed by atoms with Crippen molar-refractivity contribution in [3.8, 4) is 0 Å². The van der Waals surface area contributed by atoms with Crippen LogP contribution < -0.4 is 0 Å². The van der Waals surface area contributed by atoms with Gasteiger partial charge >= 0.3 is 0 Å². The van der Waals surface area contributed by atoms with Crippen molar-refractivity contribution in [2.24, 2.45) is 0 Å². The third kappa shape index (κ3) is 2.91. The summed E-state index contributed by atoms with van der Waals surface area (Å²) in [4.78, 5) is 5.25. The molecule has 110 valence electrons. The summed E-state index contributed by atoms with van der Waals surface area (Å²) in [7, 11) is 0. The van der Waals surface area contributed by atoms with E-state index < -0.39 is 11.6 Å². The first kappa shape index (κ1) is 14.8. The van der Waals surface area contributed by atoms with Crippen LogP contribution >= 0.6 is 34.5 Å². The van der Waals surface area contributed by atoms with Crippen molar-refractivity contribution in [2.45, 2.75) is 18.8 Å². The number of alkyl halides is 1. The summed E-state index contributed by atoms with van der Waals surface area (Å²) in [5.74, 6) is -0.629. The average Bonchev–Trinajstić information content (AvgIpc) is 3.00. The molecule has 0 radical (unpaired) electrons. The van der Waals surface area contributed by atoms with Gasteiger partial charge in [-0.3, -0.25) is 0 Å². The number of aromatic nitrogens is 2. The van der Waals surface area contributed by atoms with Gasteiger partial charge in [-0.05, 0) is 24.6 Å². The number of aryl methyl sites for hydroxylation is 2. The molecule has 0 aliphatic heterocycles. The summed E-state index contributed by atoms with van der Waals surface area (Å²) in [5.41, 5.74) is 0.571. The van der Waals surface area contributed by atoms with E-state index in [1.54, 1.807) is 4.57 Å². The number of imidazole rings is 1. The van der Waals surface area contributed by atoms with Crippen molar-refractivity contribution in [3.05, 3.63) is 50.9 Å². The Hall–Kier alpha value is -1.17. The Morgan fingerprint density at radius 1 is 1.24 bits per heavy atom. The fourth-order valence-electron chi connectivity index (χ4n) is 2.26. The van der Waals surface area contributed by atoms with Gasteiger partial charge in [0.25, 0.3) is 0 Å². The van der Waals surface area contributed by atoms with Gasteiger partial charge in [0.2, 0.25) is 0 Å². The lowest BCUT2D eigenvalue weighted by molar-refractivity contribution is 0.589. The van der Waals surface area contributed by atoms with Crippen LogP contribution in [-0.2, 0) is 18.8 Å². The van der Waals surface area contributed by atoms with Crippen LogP contribution in [0.5, 0.6) is 0 Å². The summed E-state index contributed by atoms with van der Waals surface area (Å²) < 4.78 is 29.7. The van der Waals surface area contributed by atoms with E-state index in [1.165, 1.54) is 17.4 Å². The number of rotatable bonds is 4. The lowest BCUT2D eigenvalue weighted by atomic mass is 10.3. The number of fused-ring (bicyclic) bond motifs is 1. The van der Waals surface area contributed by atoms with E-state index in [9.17, 15) is 8.78 Å². The van der Waals surface area contributed by atoms with Crippen LogP contribution in [-0.4, -0.2) is 9.55 Å². The lowest BCUT2D eigenvalue weighted by Gasteiger charge is -2.06. The molecule has 7 heteroatoms. The van der Waals surface area contributed by atoms with Gasteiger partial charge in [0.1, 0.15) is 17.2 Å². The first-order chi connectivity index (χ1) is 10.1. The number of nitrogens with zero attached hydrogens (tertiary/aromatic N) is 2. The summed E-state index contributed by atoms with van der Waals surface area (Å²) in [6, 6.07) is 5.88. The van der Waals surface area contributed by atoms with E-state index in [4.69, 9.17) is 23.2 Å². The molecule has 1 aromatic carbocycles. The Bertz CT molecular complexity index is 798. The van der Waals surface area contributed by atoms with Gasteiger partial charge in [-0.15, -0.1) is 22.9 Å². The number of benzene rings is 1. The van der Waals surface area contributed by atoms with Gasteiger partial charge in [0, 0.05) is 17.5 Å². The molecule has 2 heterocycles. The van der Waals surface area contributed by atoms with Gasteiger partial charge in [-0.1, -0.05) is 11.6 Å². The van der Waals surface area contributed by atoms with Gasteiger partial charge in [0.05, 0.1) is 15.7 Å². The van der Waals surface area contributed by atoms with Crippen molar-refractivity contribution in [1.29, 1.82) is 0 Å². The van der Waals surface area contributed by atoms with Gasteiger partial charge in [0.15, 0.2) is 5.82 Å². The lowest BCUT2D eigenvalue weighted by Crippen LogP contribution is -2.04. The van der Waals surface area contributed by atoms with Crippen LogP contribution in [0.2, 0.25) is 4.34 Å². The Kier molecular flexibility index (Phi) is 4.15. The Balaban J connectivity index is 1.99. The van der Waals surface area contributed by atoms with E-state index in [1.807, 2.05) is 12.1 Å². The molecule has 0 N–H and O–H groups in total. The molecule has 0 fully saturated rings. The highest BCUT2D eigenvalue weighted by atomic mass is 35.5. The van der Waals surface area contributed by atoms with Crippen LogP contribution in [0.4, 0.5) is 8.78 Å². The third-order valence-corrected chi connectivity index (χ3v) is 4.71. The Morgan fingerprint density at radius 3 is 2.71 bits per heavy atom. The number of halogens is 4.